The lowest BCUT2D eigenvalue weighted by molar-refractivity contribution is -0.120. The third-order valence-corrected chi connectivity index (χ3v) is 2.16. The van der Waals surface area contributed by atoms with Crippen LogP contribution in [-0.4, -0.2) is 21.8 Å². The summed E-state index contributed by atoms with van der Waals surface area (Å²) < 4.78 is 0. The predicted octanol–water partition coefficient (Wildman–Crippen LogP) is -0.799. The second-order valence-electron chi connectivity index (χ2n) is 3.00. The van der Waals surface area contributed by atoms with E-state index in [0.717, 1.165) is 6.20 Å². The fourth-order valence-corrected chi connectivity index (χ4v) is 1.16. The second-order valence-corrected chi connectivity index (χ2v) is 3.41. The standard InChI is InChI=1S/C10H10N4O2S/c11-8(15)7(9(12)16)5-14-10(17)6-2-1-3-13-4-6/h1-5H,(H2,11,15)(H2,12,16)(H,14,17). The first-order valence-corrected chi connectivity index (χ1v) is 4.94. The van der Waals surface area contributed by atoms with Crippen molar-refractivity contribution in [2.24, 2.45) is 11.5 Å². The summed E-state index contributed by atoms with van der Waals surface area (Å²) in [7, 11) is 0. The van der Waals surface area contributed by atoms with Crippen molar-refractivity contribution in [3.05, 3.63) is 41.9 Å². The van der Waals surface area contributed by atoms with Crippen molar-refractivity contribution in [1.29, 1.82) is 0 Å². The molecule has 1 rings (SSSR count). The zero-order valence-electron chi connectivity index (χ0n) is 8.71. The Hall–Kier alpha value is -2.28. The largest absolute Gasteiger partial charge is 0.365 e. The number of nitrogens with zero attached hydrogens (tertiary/aromatic N) is 1. The summed E-state index contributed by atoms with van der Waals surface area (Å²) in [4.78, 5) is 25.9. The van der Waals surface area contributed by atoms with Gasteiger partial charge in [-0.1, -0.05) is 12.2 Å². The highest BCUT2D eigenvalue weighted by Crippen LogP contribution is 1.97. The Bertz CT molecular complexity index is 468. The van der Waals surface area contributed by atoms with Crippen molar-refractivity contribution in [3.8, 4) is 0 Å². The average Bonchev–Trinajstić information content (AvgIpc) is 2.29. The Kier molecular flexibility index (Phi) is 4.29. The summed E-state index contributed by atoms with van der Waals surface area (Å²) >= 11 is 5.01. The monoisotopic (exact) mass is 250 g/mol. The van der Waals surface area contributed by atoms with Crippen LogP contribution >= 0.6 is 12.2 Å². The lowest BCUT2D eigenvalue weighted by Crippen LogP contribution is -2.29. The Morgan fingerprint density at radius 1 is 1.35 bits per heavy atom. The van der Waals surface area contributed by atoms with Gasteiger partial charge in [0.05, 0.1) is 0 Å². The van der Waals surface area contributed by atoms with Crippen LogP contribution < -0.4 is 16.8 Å². The van der Waals surface area contributed by atoms with Gasteiger partial charge < -0.3 is 16.8 Å². The molecule has 17 heavy (non-hydrogen) atoms. The highest BCUT2D eigenvalue weighted by molar-refractivity contribution is 7.80. The molecule has 5 N–H and O–H groups in total. The van der Waals surface area contributed by atoms with Crippen LogP contribution in [0.2, 0.25) is 0 Å². The molecular weight excluding hydrogens is 240 g/mol. The maximum atomic E-state index is 10.8. The van der Waals surface area contributed by atoms with Gasteiger partial charge in [-0.15, -0.1) is 0 Å². The van der Waals surface area contributed by atoms with E-state index >= 15 is 0 Å². The molecule has 0 unspecified atom stereocenters. The number of primary amides is 2. The van der Waals surface area contributed by atoms with Gasteiger partial charge in [0.2, 0.25) is 0 Å². The normalized spacial score (nSPS) is 9.18. The molecule has 0 aliphatic carbocycles. The zero-order chi connectivity index (χ0) is 12.8. The zero-order valence-corrected chi connectivity index (χ0v) is 9.53. The molecule has 0 fully saturated rings. The van der Waals surface area contributed by atoms with Crippen molar-refractivity contribution in [3.63, 3.8) is 0 Å². The lowest BCUT2D eigenvalue weighted by Gasteiger charge is -2.04. The quantitative estimate of drug-likeness (QED) is 0.280. The molecule has 0 spiro atoms. The van der Waals surface area contributed by atoms with Gasteiger partial charge in [0.25, 0.3) is 11.8 Å². The first-order chi connectivity index (χ1) is 8.02. The van der Waals surface area contributed by atoms with Gasteiger partial charge in [0.15, 0.2) is 0 Å². The number of pyridine rings is 1. The molecule has 0 atom stereocenters. The van der Waals surface area contributed by atoms with E-state index in [-0.39, 0.29) is 5.57 Å². The number of nitrogens with two attached hydrogens (primary N) is 2. The number of hydrogen-bond donors (Lipinski definition) is 3. The van der Waals surface area contributed by atoms with Crippen molar-refractivity contribution in [2.75, 3.05) is 0 Å². The molecule has 1 heterocycles. The molecule has 88 valence electrons. The SMILES string of the molecule is NC(=O)C(=CNC(=S)c1cccnc1)C(N)=O. The summed E-state index contributed by atoms with van der Waals surface area (Å²) in [6, 6.07) is 3.43. The first-order valence-electron chi connectivity index (χ1n) is 4.53. The summed E-state index contributed by atoms with van der Waals surface area (Å²) in [5.41, 5.74) is 10.2. The van der Waals surface area contributed by atoms with Gasteiger partial charge in [0.1, 0.15) is 10.6 Å². The Labute approximate surface area is 103 Å². The van der Waals surface area contributed by atoms with E-state index in [9.17, 15) is 9.59 Å². The molecule has 1 aromatic rings. The molecule has 0 saturated heterocycles. The van der Waals surface area contributed by atoms with E-state index in [1.54, 1.807) is 18.3 Å². The fourth-order valence-electron chi connectivity index (χ4n) is 0.982. The van der Waals surface area contributed by atoms with Gasteiger partial charge in [-0.3, -0.25) is 14.6 Å². The average molecular weight is 250 g/mol. The highest BCUT2D eigenvalue weighted by Gasteiger charge is 2.11. The van der Waals surface area contributed by atoms with Crippen LogP contribution in [0.4, 0.5) is 0 Å². The van der Waals surface area contributed by atoms with Crippen LogP contribution in [0.1, 0.15) is 5.56 Å². The van der Waals surface area contributed by atoms with Gasteiger partial charge in [0, 0.05) is 24.2 Å². The molecule has 7 heteroatoms. The molecule has 0 aromatic carbocycles. The van der Waals surface area contributed by atoms with Gasteiger partial charge in [-0.25, -0.2) is 0 Å². The molecule has 0 bridgehead atoms. The number of hydrogen-bond acceptors (Lipinski definition) is 4. The third kappa shape index (κ3) is 3.65. The summed E-state index contributed by atoms with van der Waals surface area (Å²) in [6.07, 6.45) is 4.22. The fraction of sp³-hybridized carbons (Fsp3) is 0. The Morgan fingerprint density at radius 3 is 2.47 bits per heavy atom. The Balaban J connectivity index is 2.79. The van der Waals surface area contributed by atoms with Crippen molar-refractivity contribution in [1.82, 2.24) is 10.3 Å². The summed E-state index contributed by atoms with van der Waals surface area (Å²) in [5.74, 6) is -1.84. The molecule has 0 saturated carbocycles. The van der Waals surface area contributed by atoms with E-state index < -0.39 is 11.8 Å². The maximum Gasteiger partial charge on any atom is 0.255 e. The number of amides is 2. The minimum atomic E-state index is -0.918. The molecule has 0 aliphatic heterocycles. The molecule has 0 radical (unpaired) electrons. The minimum Gasteiger partial charge on any atom is -0.365 e. The molecule has 6 nitrogen and oxygen atoms in total. The van der Waals surface area contributed by atoms with Crippen LogP contribution in [0.3, 0.4) is 0 Å². The topological polar surface area (TPSA) is 111 Å². The van der Waals surface area contributed by atoms with Crippen LogP contribution in [-0.2, 0) is 9.59 Å². The number of carbonyl (C=O) groups excluding carboxylic acids is 2. The highest BCUT2D eigenvalue weighted by atomic mass is 32.1. The molecule has 0 aliphatic rings. The number of thiocarbonyl (C=S) groups is 1. The number of aromatic nitrogens is 1. The summed E-state index contributed by atoms with van der Waals surface area (Å²) in [6.45, 7) is 0. The Morgan fingerprint density at radius 2 is 2.00 bits per heavy atom. The molecule has 1 aromatic heterocycles. The van der Waals surface area contributed by atoms with Crippen molar-refractivity contribution >= 4 is 29.0 Å². The summed E-state index contributed by atoms with van der Waals surface area (Å²) in [5, 5.41) is 2.59. The van der Waals surface area contributed by atoms with Gasteiger partial charge >= 0.3 is 0 Å². The lowest BCUT2D eigenvalue weighted by atomic mass is 10.2. The van der Waals surface area contributed by atoms with Gasteiger partial charge in [-0.05, 0) is 12.1 Å². The van der Waals surface area contributed by atoms with E-state index in [4.69, 9.17) is 23.7 Å². The van der Waals surface area contributed by atoms with Crippen LogP contribution in [0, 0.1) is 0 Å². The second kappa shape index (κ2) is 5.71. The molecular formula is C10H10N4O2S. The smallest absolute Gasteiger partial charge is 0.255 e. The third-order valence-electron chi connectivity index (χ3n) is 1.80. The number of rotatable bonds is 4. The van der Waals surface area contributed by atoms with Crippen LogP contribution in [0.25, 0.3) is 0 Å². The van der Waals surface area contributed by atoms with E-state index in [2.05, 4.69) is 10.3 Å². The maximum absolute atomic E-state index is 10.8. The first kappa shape index (κ1) is 12.8. The van der Waals surface area contributed by atoms with Crippen molar-refractivity contribution < 1.29 is 9.59 Å². The molecule has 2 amide bonds. The number of nitrogens with one attached hydrogen (secondary N) is 1. The van der Waals surface area contributed by atoms with E-state index in [1.807, 2.05) is 0 Å². The van der Waals surface area contributed by atoms with E-state index in [1.165, 1.54) is 6.20 Å². The number of carbonyl (C=O) groups is 2. The van der Waals surface area contributed by atoms with Gasteiger partial charge in [-0.2, -0.15) is 0 Å². The predicted molar refractivity (Wildman–Crippen MR) is 65.5 cm³/mol. The van der Waals surface area contributed by atoms with Crippen LogP contribution in [0.15, 0.2) is 36.3 Å². The van der Waals surface area contributed by atoms with E-state index in [0.29, 0.717) is 10.6 Å². The minimum absolute atomic E-state index is 0.304. The van der Waals surface area contributed by atoms with Crippen molar-refractivity contribution in [2.45, 2.75) is 0 Å². The van der Waals surface area contributed by atoms with Crippen LogP contribution in [0.5, 0.6) is 0 Å².